The summed E-state index contributed by atoms with van der Waals surface area (Å²) in [6, 6.07) is 0. The molecular formula is C11H23ClN6. The van der Waals surface area contributed by atoms with Gasteiger partial charge in [-0.2, -0.15) is 5.10 Å². The van der Waals surface area contributed by atoms with Crippen molar-refractivity contribution in [1.29, 1.82) is 0 Å². The van der Waals surface area contributed by atoms with Gasteiger partial charge in [0.1, 0.15) is 5.82 Å². The average molecular weight is 275 g/mol. The van der Waals surface area contributed by atoms with Crippen LogP contribution in [-0.2, 0) is 0 Å². The standard InChI is InChI=1S/C11H23ClN6/c1-3-5-7-17(8-6-4-2)11-9-10(14-13)15-18(12)16-11/h9,16H,3-8,13H2,1-2H3,(H,14,15). The summed E-state index contributed by atoms with van der Waals surface area (Å²) in [5, 5.41) is 3.63. The molecule has 0 spiro atoms. The van der Waals surface area contributed by atoms with Gasteiger partial charge in [0.2, 0.25) is 0 Å². The third-order valence-corrected chi connectivity index (χ3v) is 2.91. The second-order valence-electron chi connectivity index (χ2n) is 4.24. The molecule has 18 heavy (non-hydrogen) atoms. The van der Waals surface area contributed by atoms with E-state index in [-0.39, 0.29) is 0 Å². The van der Waals surface area contributed by atoms with Gasteiger partial charge in [0.05, 0.1) is 0 Å². The van der Waals surface area contributed by atoms with Gasteiger partial charge in [-0.1, -0.05) is 26.7 Å². The Bertz CT molecular complexity index is 296. The van der Waals surface area contributed by atoms with Crippen molar-refractivity contribution in [3.05, 3.63) is 11.9 Å². The summed E-state index contributed by atoms with van der Waals surface area (Å²) in [5.74, 6) is 6.74. The summed E-state index contributed by atoms with van der Waals surface area (Å²) >= 11 is 5.90. The molecule has 0 unspecified atom stereocenters. The number of amidine groups is 1. The van der Waals surface area contributed by atoms with Crippen LogP contribution in [0.5, 0.6) is 0 Å². The van der Waals surface area contributed by atoms with Crippen LogP contribution in [0.4, 0.5) is 0 Å². The summed E-state index contributed by atoms with van der Waals surface area (Å²) in [6.45, 7) is 6.36. The first-order valence-corrected chi connectivity index (χ1v) is 6.78. The number of hydrazine groups is 2. The molecule has 0 aromatic carbocycles. The number of halogens is 1. The summed E-state index contributed by atoms with van der Waals surface area (Å²) in [6.07, 6.45) is 6.48. The lowest BCUT2D eigenvalue weighted by Gasteiger charge is -2.33. The first-order chi connectivity index (χ1) is 8.71. The quantitative estimate of drug-likeness (QED) is 0.373. The molecule has 0 aromatic rings. The van der Waals surface area contributed by atoms with E-state index in [0.29, 0.717) is 5.84 Å². The minimum Gasteiger partial charge on any atom is -0.357 e. The van der Waals surface area contributed by atoms with Crippen LogP contribution in [0, 0.1) is 0 Å². The van der Waals surface area contributed by atoms with Gasteiger partial charge in [-0.3, -0.25) is 10.9 Å². The van der Waals surface area contributed by atoms with Crippen LogP contribution in [0.3, 0.4) is 0 Å². The molecule has 0 amide bonds. The third kappa shape index (κ3) is 4.62. The lowest BCUT2D eigenvalue weighted by atomic mass is 10.2. The second kappa shape index (κ2) is 8.05. The van der Waals surface area contributed by atoms with Crippen molar-refractivity contribution in [2.45, 2.75) is 39.5 Å². The third-order valence-electron chi connectivity index (χ3n) is 2.74. The minimum atomic E-state index is 0.539. The molecule has 104 valence electrons. The largest absolute Gasteiger partial charge is 0.357 e. The minimum absolute atomic E-state index is 0.539. The fourth-order valence-electron chi connectivity index (χ4n) is 1.70. The lowest BCUT2D eigenvalue weighted by Crippen LogP contribution is -2.51. The van der Waals surface area contributed by atoms with Crippen molar-refractivity contribution >= 4 is 17.6 Å². The van der Waals surface area contributed by atoms with E-state index in [1.165, 1.54) is 4.64 Å². The van der Waals surface area contributed by atoms with Gasteiger partial charge in [0.15, 0.2) is 5.84 Å². The second-order valence-corrected chi connectivity index (χ2v) is 4.58. The number of nitrogens with two attached hydrogens (primary N) is 1. The van der Waals surface area contributed by atoms with Crippen molar-refractivity contribution in [1.82, 2.24) is 20.4 Å². The Kier molecular flexibility index (Phi) is 6.67. The summed E-state index contributed by atoms with van der Waals surface area (Å²) in [7, 11) is 0. The first kappa shape index (κ1) is 14.9. The Labute approximate surface area is 114 Å². The molecule has 0 aliphatic carbocycles. The molecule has 1 heterocycles. The van der Waals surface area contributed by atoms with E-state index in [9.17, 15) is 0 Å². The predicted octanol–water partition coefficient (Wildman–Crippen LogP) is 1.48. The molecule has 0 aromatic heterocycles. The molecule has 1 aliphatic rings. The zero-order valence-electron chi connectivity index (χ0n) is 11.1. The number of hydrazone groups is 1. The highest BCUT2D eigenvalue weighted by Gasteiger charge is 2.17. The fraction of sp³-hybridized carbons (Fsp3) is 0.727. The molecule has 0 fully saturated rings. The first-order valence-electron chi connectivity index (χ1n) is 6.45. The highest BCUT2D eigenvalue weighted by atomic mass is 35.5. The van der Waals surface area contributed by atoms with E-state index in [0.717, 1.165) is 44.6 Å². The van der Waals surface area contributed by atoms with Gasteiger partial charge in [-0.15, -0.1) is 0 Å². The Balaban J connectivity index is 2.72. The normalized spacial score (nSPS) is 18.2. The highest BCUT2D eigenvalue weighted by molar-refractivity contribution is 6.14. The lowest BCUT2D eigenvalue weighted by molar-refractivity contribution is 0.229. The maximum atomic E-state index is 5.90. The van der Waals surface area contributed by atoms with Crippen molar-refractivity contribution in [2.75, 3.05) is 13.1 Å². The van der Waals surface area contributed by atoms with Gasteiger partial charge in [0, 0.05) is 30.9 Å². The van der Waals surface area contributed by atoms with Crippen molar-refractivity contribution in [2.24, 2.45) is 10.9 Å². The zero-order valence-corrected chi connectivity index (χ0v) is 11.9. The highest BCUT2D eigenvalue weighted by Crippen LogP contribution is 2.10. The Morgan fingerprint density at radius 1 is 1.28 bits per heavy atom. The Morgan fingerprint density at radius 2 is 1.89 bits per heavy atom. The van der Waals surface area contributed by atoms with Crippen molar-refractivity contribution < 1.29 is 0 Å². The SMILES string of the molecule is CCCCN(CCCC)C1=CC(=NN)NN(Cl)N1. The van der Waals surface area contributed by atoms with Gasteiger partial charge >= 0.3 is 0 Å². The number of nitrogens with zero attached hydrogens (tertiary/aromatic N) is 3. The molecule has 0 saturated heterocycles. The number of unbranched alkanes of at least 4 members (excludes halogenated alkanes) is 2. The Morgan fingerprint density at radius 3 is 2.39 bits per heavy atom. The van der Waals surface area contributed by atoms with Crippen LogP contribution >= 0.6 is 11.8 Å². The molecule has 0 saturated carbocycles. The van der Waals surface area contributed by atoms with E-state index in [2.05, 4.69) is 34.7 Å². The molecule has 7 heteroatoms. The van der Waals surface area contributed by atoms with E-state index >= 15 is 0 Å². The van der Waals surface area contributed by atoms with Crippen LogP contribution in [0.2, 0.25) is 0 Å². The number of hydrogen-bond acceptors (Lipinski definition) is 5. The average Bonchev–Trinajstić information content (AvgIpc) is 2.38. The predicted molar refractivity (Wildman–Crippen MR) is 75.1 cm³/mol. The molecule has 1 rings (SSSR count). The van der Waals surface area contributed by atoms with Gasteiger partial charge < -0.3 is 10.7 Å². The molecule has 6 nitrogen and oxygen atoms in total. The van der Waals surface area contributed by atoms with E-state index in [1.54, 1.807) is 0 Å². The van der Waals surface area contributed by atoms with Crippen LogP contribution in [0.25, 0.3) is 0 Å². The van der Waals surface area contributed by atoms with Crippen molar-refractivity contribution in [3.8, 4) is 0 Å². The summed E-state index contributed by atoms with van der Waals surface area (Å²) in [4.78, 5) is 2.27. The topological polar surface area (TPSA) is 68.9 Å². The van der Waals surface area contributed by atoms with Gasteiger partial charge in [-0.25, -0.2) is 0 Å². The molecule has 0 radical (unpaired) electrons. The van der Waals surface area contributed by atoms with Crippen LogP contribution in [-0.4, -0.2) is 28.5 Å². The van der Waals surface area contributed by atoms with E-state index in [4.69, 9.17) is 17.6 Å². The van der Waals surface area contributed by atoms with Crippen LogP contribution in [0.1, 0.15) is 39.5 Å². The fourth-order valence-corrected chi connectivity index (χ4v) is 1.88. The smallest absolute Gasteiger partial charge is 0.166 e. The monoisotopic (exact) mass is 274 g/mol. The van der Waals surface area contributed by atoms with E-state index < -0.39 is 0 Å². The van der Waals surface area contributed by atoms with Crippen LogP contribution < -0.4 is 16.7 Å². The van der Waals surface area contributed by atoms with Crippen molar-refractivity contribution in [3.63, 3.8) is 0 Å². The zero-order chi connectivity index (χ0) is 13.4. The number of nitrogens with one attached hydrogen (secondary N) is 2. The molecular weight excluding hydrogens is 252 g/mol. The van der Waals surface area contributed by atoms with Crippen LogP contribution in [0.15, 0.2) is 17.0 Å². The molecule has 4 N–H and O–H groups in total. The maximum absolute atomic E-state index is 5.90. The Hall–Kier alpha value is -1.14. The number of hydrogen-bond donors (Lipinski definition) is 3. The van der Waals surface area contributed by atoms with Gasteiger partial charge in [-0.05, 0) is 17.5 Å². The molecule has 1 aliphatic heterocycles. The summed E-state index contributed by atoms with van der Waals surface area (Å²) < 4.78 is 1.24. The van der Waals surface area contributed by atoms with Gasteiger partial charge in [0.25, 0.3) is 0 Å². The van der Waals surface area contributed by atoms with E-state index in [1.807, 2.05) is 6.08 Å². The molecule has 0 atom stereocenters. The molecule has 0 bridgehead atoms. The maximum Gasteiger partial charge on any atom is 0.166 e. The number of rotatable bonds is 7. The summed E-state index contributed by atoms with van der Waals surface area (Å²) in [5.41, 5.74) is 5.81.